The van der Waals surface area contributed by atoms with Crippen molar-refractivity contribution in [3.63, 3.8) is 0 Å². The van der Waals surface area contributed by atoms with Crippen LogP contribution in [0.2, 0.25) is 0 Å². The van der Waals surface area contributed by atoms with E-state index < -0.39 is 6.04 Å². The van der Waals surface area contributed by atoms with Gasteiger partial charge in [-0.25, -0.2) is 9.97 Å². The summed E-state index contributed by atoms with van der Waals surface area (Å²) in [4.78, 5) is 9.80. The third-order valence-corrected chi connectivity index (χ3v) is 10.7. The van der Waals surface area contributed by atoms with Crippen molar-refractivity contribution in [1.29, 1.82) is 0 Å². The van der Waals surface area contributed by atoms with Gasteiger partial charge in [0.1, 0.15) is 0 Å². The van der Waals surface area contributed by atoms with E-state index in [-0.39, 0.29) is 29.7 Å². The van der Waals surface area contributed by atoms with E-state index >= 15 is 0 Å². The summed E-state index contributed by atoms with van der Waals surface area (Å²) in [5.41, 5.74) is 12.2. The Morgan fingerprint density at radius 2 is 0.821 bits per heavy atom. The van der Waals surface area contributed by atoms with E-state index in [1.54, 1.807) is 6.07 Å². The number of hydrogen-bond acceptors (Lipinski definition) is 2. The summed E-state index contributed by atoms with van der Waals surface area (Å²) in [6.07, 6.45) is 3.71. The van der Waals surface area contributed by atoms with E-state index in [1.807, 2.05) is 60.9 Å². The van der Waals surface area contributed by atoms with Gasteiger partial charge >= 0.3 is 0 Å². The van der Waals surface area contributed by atoms with Crippen LogP contribution in [0.1, 0.15) is 6.85 Å². The second kappa shape index (κ2) is 13.1. The Morgan fingerprint density at radius 3 is 1.46 bits per heavy atom. The highest BCUT2D eigenvalue weighted by atomic mass is 15.1. The topological polar surface area (TPSA) is 35.6 Å². The third kappa shape index (κ3) is 5.31. The molecule has 0 aliphatic carbocycles. The van der Waals surface area contributed by atoms with Gasteiger partial charge in [0.15, 0.2) is 0 Å². The molecule has 0 aliphatic heterocycles. The van der Waals surface area contributed by atoms with Crippen LogP contribution >= 0.6 is 0 Å². The molecular formula is C52H34N4. The molecule has 0 spiro atoms. The highest BCUT2D eigenvalue weighted by Gasteiger charge is 2.17. The van der Waals surface area contributed by atoms with Crippen molar-refractivity contribution in [2.24, 2.45) is 0 Å². The Bertz CT molecular complexity index is 3490. The molecule has 262 valence electrons. The molecule has 0 unspecified atom stereocenters. The molecule has 0 saturated carbocycles. The van der Waals surface area contributed by atoms with Gasteiger partial charge in [-0.2, -0.15) is 0 Å². The van der Waals surface area contributed by atoms with Crippen LogP contribution in [0.25, 0.3) is 99.8 Å². The Labute approximate surface area is 331 Å². The number of benzene rings is 8. The van der Waals surface area contributed by atoms with Gasteiger partial charge in [-0.3, -0.25) is 4.57 Å². The Balaban J connectivity index is 0.919. The van der Waals surface area contributed by atoms with Crippen LogP contribution in [0.5, 0.6) is 0 Å². The number of hydrogen-bond donors (Lipinski definition) is 0. The summed E-state index contributed by atoms with van der Waals surface area (Å²) < 4.78 is 45.5. The van der Waals surface area contributed by atoms with E-state index in [9.17, 15) is 0 Å². The molecule has 0 aliphatic rings. The molecule has 56 heavy (non-hydrogen) atoms. The normalized spacial score (nSPS) is 12.8. The van der Waals surface area contributed by atoms with Gasteiger partial charge in [0.2, 0.25) is 5.95 Å². The quantitative estimate of drug-likeness (QED) is 0.171. The zero-order chi connectivity index (χ0) is 41.4. The molecule has 0 amide bonds. The van der Waals surface area contributed by atoms with E-state index in [1.165, 1.54) is 21.8 Å². The number of aromatic nitrogens is 4. The first-order valence-electron chi connectivity index (χ1n) is 21.1. The van der Waals surface area contributed by atoms with Crippen LogP contribution in [0.15, 0.2) is 206 Å². The van der Waals surface area contributed by atoms with Crippen molar-refractivity contribution in [2.75, 3.05) is 0 Å². The Hall–Kier alpha value is -7.56. The minimum absolute atomic E-state index is 0.187. The second-order valence-corrected chi connectivity index (χ2v) is 13.9. The van der Waals surface area contributed by atoms with Gasteiger partial charge in [-0.05, 0) is 93.5 Å². The minimum atomic E-state index is -0.402. The highest BCUT2D eigenvalue weighted by Crippen LogP contribution is 2.38. The van der Waals surface area contributed by atoms with Gasteiger partial charge in [-0.15, -0.1) is 0 Å². The fourth-order valence-corrected chi connectivity index (χ4v) is 8.07. The largest absolute Gasteiger partial charge is 0.309 e. The second-order valence-electron chi connectivity index (χ2n) is 13.9. The maximum atomic E-state index is 8.43. The predicted molar refractivity (Wildman–Crippen MR) is 232 cm³/mol. The SMILES string of the molecule is [2H]c1c([2H])c([2H])c(-c2cccc(-c3ccc(-c4cnc(-n5c6ccccc6c6cc(-c7ccc8c(c7)c7ccccc7n8-c7ccccc7)ccc65)nc4)cc3)c2)c([2H])c1[2H]. The minimum Gasteiger partial charge on any atom is -0.309 e. The summed E-state index contributed by atoms with van der Waals surface area (Å²) >= 11 is 0. The summed E-state index contributed by atoms with van der Waals surface area (Å²) in [6, 6.07) is 54.9. The molecule has 4 nitrogen and oxygen atoms in total. The third-order valence-electron chi connectivity index (χ3n) is 10.7. The Morgan fingerprint density at radius 1 is 0.339 bits per heavy atom. The molecule has 0 N–H and O–H groups in total. The first kappa shape index (κ1) is 27.1. The fourth-order valence-electron chi connectivity index (χ4n) is 8.07. The Kier molecular flexibility index (Phi) is 6.33. The average molecular weight is 720 g/mol. The van der Waals surface area contributed by atoms with E-state index in [0.717, 1.165) is 60.9 Å². The molecule has 0 saturated heterocycles. The molecular weight excluding hydrogens is 681 g/mol. The number of para-hydroxylation sites is 3. The first-order chi connectivity index (χ1) is 29.8. The maximum Gasteiger partial charge on any atom is 0.234 e. The van der Waals surface area contributed by atoms with Crippen LogP contribution in [0.4, 0.5) is 0 Å². The van der Waals surface area contributed by atoms with Crippen molar-refractivity contribution >= 4 is 43.6 Å². The van der Waals surface area contributed by atoms with Crippen LogP contribution in [0.3, 0.4) is 0 Å². The number of nitrogens with zero attached hydrogens (tertiary/aromatic N) is 4. The molecule has 0 bridgehead atoms. The smallest absolute Gasteiger partial charge is 0.234 e. The fraction of sp³-hybridized carbons (Fsp3) is 0. The van der Waals surface area contributed by atoms with Gasteiger partial charge < -0.3 is 4.57 Å². The number of rotatable bonds is 6. The van der Waals surface area contributed by atoms with E-state index in [4.69, 9.17) is 16.8 Å². The molecule has 11 aromatic rings. The van der Waals surface area contributed by atoms with E-state index in [0.29, 0.717) is 11.5 Å². The lowest BCUT2D eigenvalue weighted by molar-refractivity contribution is 0.990. The van der Waals surface area contributed by atoms with Gasteiger partial charge in [0, 0.05) is 45.2 Å². The van der Waals surface area contributed by atoms with Crippen LogP contribution < -0.4 is 0 Å². The van der Waals surface area contributed by atoms with Crippen LogP contribution in [0, 0.1) is 0 Å². The van der Waals surface area contributed by atoms with Crippen molar-refractivity contribution in [2.45, 2.75) is 0 Å². The van der Waals surface area contributed by atoms with Gasteiger partial charge in [0.05, 0.1) is 28.9 Å². The molecule has 0 atom stereocenters. The predicted octanol–water partition coefficient (Wildman–Crippen LogP) is 13.3. The first-order valence-corrected chi connectivity index (χ1v) is 18.6. The lowest BCUT2D eigenvalue weighted by Gasteiger charge is -2.09. The van der Waals surface area contributed by atoms with Crippen molar-refractivity contribution in [3.8, 4) is 56.1 Å². The highest BCUT2D eigenvalue weighted by molar-refractivity contribution is 6.12. The molecule has 0 radical (unpaired) electrons. The molecule has 0 fully saturated rings. The summed E-state index contributed by atoms with van der Waals surface area (Å²) in [6.45, 7) is 0. The van der Waals surface area contributed by atoms with Crippen molar-refractivity contribution < 1.29 is 6.85 Å². The molecule has 4 heteroatoms. The summed E-state index contributed by atoms with van der Waals surface area (Å²) in [7, 11) is 0. The zero-order valence-electron chi connectivity index (χ0n) is 35.0. The summed E-state index contributed by atoms with van der Waals surface area (Å²) in [5.74, 6) is 0.582. The number of fused-ring (bicyclic) bond motifs is 6. The summed E-state index contributed by atoms with van der Waals surface area (Å²) in [5, 5.41) is 4.68. The average Bonchev–Trinajstić information content (AvgIpc) is 3.83. The lowest BCUT2D eigenvalue weighted by atomic mass is 9.98. The van der Waals surface area contributed by atoms with Crippen LogP contribution in [-0.4, -0.2) is 19.1 Å². The van der Waals surface area contributed by atoms with E-state index in [2.05, 4.69) is 118 Å². The van der Waals surface area contributed by atoms with Gasteiger partial charge in [-0.1, -0.05) is 139 Å². The standard InChI is InChI=1S/C52H34N4/c1-3-12-35(13-4-1)38-14-11-15-39(30-38)36-22-24-37(25-23-36)42-33-53-52(54-34-42)56-49-21-10-8-19-45(49)47-32-41(27-29-51(47)56)40-26-28-50-46(31-40)44-18-7-9-20-48(44)55(50)43-16-5-2-6-17-43/h1-34H/i1D,3D,4D,12D,13D. The van der Waals surface area contributed by atoms with Crippen LogP contribution in [-0.2, 0) is 0 Å². The van der Waals surface area contributed by atoms with Crippen molar-refractivity contribution in [1.82, 2.24) is 19.1 Å². The molecule has 8 aromatic carbocycles. The van der Waals surface area contributed by atoms with Crippen molar-refractivity contribution in [3.05, 3.63) is 206 Å². The maximum absolute atomic E-state index is 8.43. The monoisotopic (exact) mass is 719 g/mol. The van der Waals surface area contributed by atoms with Gasteiger partial charge in [0.25, 0.3) is 0 Å². The molecule has 3 aromatic heterocycles. The lowest BCUT2D eigenvalue weighted by Crippen LogP contribution is -2.00. The molecule has 11 rings (SSSR count). The zero-order valence-corrected chi connectivity index (χ0v) is 30.0. The molecule has 3 heterocycles.